The first kappa shape index (κ1) is 13.2. The van der Waals surface area contributed by atoms with Gasteiger partial charge in [0.25, 0.3) is 0 Å². The predicted molar refractivity (Wildman–Crippen MR) is 53.4 cm³/mol. The van der Waals surface area contributed by atoms with Crippen LogP contribution in [0.2, 0.25) is 0 Å². The third-order valence-electron chi connectivity index (χ3n) is 2.16. The molecule has 0 atom stereocenters. The van der Waals surface area contributed by atoms with Crippen molar-refractivity contribution in [1.29, 1.82) is 0 Å². The summed E-state index contributed by atoms with van der Waals surface area (Å²) in [6.07, 6.45) is -4.51. The number of benzene rings is 1. The van der Waals surface area contributed by atoms with E-state index in [4.69, 9.17) is 0 Å². The Morgan fingerprint density at radius 2 is 1.94 bits per heavy atom. The second-order valence-electron chi connectivity index (χ2n) is 3.31. The maximum Gasteiger partial charge on any atom is 0.417 e. The molecule has 0 unspecified atom stereocenters. The number of hydrogen-bond acceptors (Lipinski definition) is 3. The number of ether oxygens (including phenoxy) is 1. The monoisotopic (exact) mass is 246 g/mol. The van der Waals surface area contributed by atoms with Crippen LogP contribution < -0.4 is 4.74 Å². The summed E-state index contributed by atoms with van der Waals surface area (Å²) in [5.74, 6) is -0.938. The Balaban J connectivity index is 3.64. The van der Waals surface area contributed by atoms with Gasteiger partial charge in [0.05, 0.1) is 12.7 Å². The quantitative estimate of drug-likeness (QED) is 0.608. The zero-order chi connectivity index (χ0) is 13.2. The van der Waals surface area contributed by atoms with E-state index in [0.717, 1.165) is 13.0 Å². The van der Waals surface area contributed by atoms with Crippen LogP contribution in [0.25, 0.3) is 0 Å². The molecule has 0 aliphatic heterocycles. The van der Waals surface area contributed by atoms with Gasteiger partial charge in [-0.25, -0.2) is 0 Å². The standard InChI is InChI=1S/C11H9F3O3/c1-6(16)10-7(5-15)3-8(17-2)4-9(10)11(12,13)14/h3-5H,1-2H3. The fourth-order valence-corrected chi connectivity index (χ4v) is 1.46. The van der Waals surface area contributed by atoms with Gasteiger partial charge >= 0.3 is 6.18 Å². The van der Waals surface area contributed by atoms with Gasteiger partial charge in [-0.15, -0.1) is 0 Å². The molecule has 1 rings (SSSR count). The van der Waals surface area contributed by atoms with E-state index in [9.17, 15) is 22.8 Å². The van der Waals surface area contributed by atoms with Gasteiger partial charge in [0.2, 0.25) is 0 Å². The minimum Gasteiger partial charge on any atom is -0.497 e. The number of carbonyl (C=O) groups excluding carboxylic acids is 2. The van der Waals surface area contributed by atoms with Gasteiger partial charge in [-0.2, -0.15) is 13.2 Å². The van der Waals surface area contributed by atoms with Crippen molar-refractivity contribution in [3.8, 4) is 5.75 Å². The minimum absolute atomic E-state index is 0.121. The maximum absolute atomic E-state index is 12.7. The average molecular weight is 246 g/mol. The molecule has 0 bridgehead atoms. The molecular formula is C11H9F3O3. The van der Waals surface area contributed by atoms with Crippen LogP contribution in [-0.4, -0.2) is 19.2 Å². The first-order chi connectivity index (χ1) is 7.81. The van der Waals surface area contributed by atoms with E-state index in [-0.39, 0.29) is 17.6 Å². The Morgan fingerprint density at radius 1 is 1.35 bits per heavy atom. The molecule has 1 aromatic carbocycles. The highest BCUT2D eigenvalue weighted by Crippen LogP contribution is 2.36. The number of methoxy groups -OCH3 is 1. The average Bonchev–Trinajstić information content (AvgIpc) is 2.25. The molecule has 6 heteroatoms. The molecule has 0 saturated heterocycles. The number of hydrogen-bond donors (Lipinski definition) is 0. The van der Waals surface area contributed by atoms with Crippen LogP contribution in [0.4, 0.5) is 13.2 Å². The molecule has 0 aliphatic rings. The number of ketones is 1. The molecule has 1 aromatic rings. The predicted octanol–water partition coefficient (Wildman–Crippen LogP) is 2.73. The summed E-state index contributed by atoms with van der Waals surface area (Å²) in [4.78, 5) is 21.9. The summed E-state index contributed by atoms with van der Waals surface area (Å²) in [6, 6.07) is 1.79. The molecule has 0 spiro atoms. The molecule has 0 fully saturated rings. The first-order valence-electron chi connectivity index (χ1n) is 4.56. The van der Waals surface area contributed by atoms with Crippen molar-refractivity contribution in [1.82, 2.24) is 0 Å². The van der Waals surface area contributed by atoms with Gasteiger partial charge in [0.1, 0.15) is 5.75 Å². The first-order valence-corrected chi connectivity index (χ1v) is 4.56. The molecule has 3 nitrogen and oxygen atoms in total. The molecule has 0 aliphatic carbocycles. The Bertz CT molecular complexity index is 464. The highest BCUT2D eigenvalue weighted by Gasteiger charge is 2.36. The SMILES string of the molecule is COc1cc(C=O)c(C(C)=O)c(C(F)(F)F)c1. The summed E-state index contributed by atoms with van der Waals surface area (Å²) in [7, 11) is 1.18. The zero-order valence-electron chi connectivity index (χ0n) is 9.09. The van der Waals surface area contributed by atoms with Gasteiger partial charge in [-0.05, 0) is 19.1 Å². The Kier molecular flexibility index (Phi) is 3.55. The highest BCUT2D eigenvalue weighted by atomic mass is 19.4. The smallest absolute Gasteiger partial charge is 0.417 e. The summed E-state index contributed by atoms with van der Waals surface area (Å²) in [5, 5.41) is 0. The van der Waals surface area contributed by atoms with Crippen LogP contribution in [-0.2, 0) is 6.18 Å². The van der Waals surface area contributed by atoms with Crippen molar-refractivity contribution < 1.29 is 27.5 Å². The van der Waals surface area contributed by atoms with Crippen molar-refractivity contribution in [3.63, 3.8) is 0 Å². The van der Waals surface area contributed by atoms with E-state index >= 15 is 0 Å². The second-order valence-corrected chi connectivity index (χ2v) is 3.31. The maximum atomic E-state index is 12.7. The molecule has 0 radical (unpaired) electrons. The van der Waals surface area contributed by atoms with Crippen molar-refractivity contribution >= 4 is 12.1 Å². The van der Waals surface area contributed by atoms with E-state index in [1.54, 1.807) is 0 Å². The van der Waals surface area contributed by atoms with Crippen LogP contribution in [0.1, 0.15) is 33.2 Å². The number of alkyl halides is 3. The largest absolute Gasteiger partial charge is 0.497 e. The van der Waals surface area contributed by atoms with Crippen molar-refractivity contribution in [2.24, 2.45) is 0 Å². The number of carbonyl (C=O) groups is 2. The van der Waals surface area contributed by atoms with Gasteiger partial charge in [-0.3, -0.25) is 9.59 Å². The van der Waals surface area contributed by atoms with Gasteiger partial charge in [-0.1, -0.05) is 0 Å². The van der Waals surface area contributed by atoms with E-state index < -0.39 is 23.1 Å². The number of aldehydes is 1. The summed E-state index contributed by atoms with van der Waals surface area (Å²) in [5.41, 5.74) is -2.12. The van der Waals surface area contributed by atoms with E-state index in [1.807, 2.05) is 0 Å². The minimum atomic E-state index is -4.71. The topological polar surface area (TPSA) is 43.4 Å². The fourth-order valence-electron chi connectivity index (χ4n) is 1.46. The second kappa shape index (κ2) is 4.57. The van der Waals surface area contributed by atoms with Gasteiger partial charge in [0.15, 0.2) is 12.1 Å². The lowest BCUT2D eigenvalue weighted by Gasteiger charge is -2.14. The normalized spacial score (nSPS) is 11.1. The van der Waals surface area contributed by atoms with Crippen molar-refractivity contribution in [2.75, 3.05) is 7.11 Å². The van der Waals surface area contributed by atoms with Crippen LogP contribution in [0.3, 0.4) is 0 Å². The molecular weight excluding hydrogens is 237 g/mol. The molecule has 0 aromatic heterocycles. The third kappa shape index (κ3) is 2.64. The lowest BCUT2D eigenvalue weighted by Crippen LogP contribution is -2.14. The summed E-state index contributed by atoms with van der Waals surface area (Å²) in [6.45, 7) is 0.976. The molecule has 0 saturated carbocycles. The number of Topliss-reactive ketones (excluding diaryl/α,β-unsaturated/α-hetero) is 1. The Morgan fingerprint density at radius 3 is 2.29 bits per heavy atom. The molecule has 0 N–H and O–H groups in total. The zero-order valence-corrected chi connectivity index (χ0v) is 9.09. The Hall–Kier alpha value is -1.85. The Labute approximate surface area is 95.2 Å². The van der Waals surface area contributed by atoms with Crippen LogP contribution in [0.5, 0.6) is 5.75 Å². The van der Waals surface area contributed by atoms with Crippen LogP contribution in [0, 0.1) is 0 Å². The fraction of sp³-hybridized carbons (Fsp3) is 0.273. The van der Waals surface area contributed by atoms with Crippen molar-refractivity contribution in [3.05, 3.63) is 28.8 Å². The number of halogens is 3. The van der Waals surface area contributed by atoms with Crippen LogP contribution in [0.15, 0.2) is 12.1 Å². The van der Waals surface area contributed by atoms with E-state index in [0.29, 0.717) is 6.07 Å². The summed E-state index contributed by atoms with van der Waals surface area (Å²) >= 11 is 0. The van der Waals surface area contributed by atoms with Gasteiger partial charge < -0.3 is 4.74 Å². The van der Waals surface area contributed by atoms with Crippen molar-refractivity contribution in [2.45, 2.75) is 13.1 Å². The molecule has 0 amide bonds. The molecule has 17 heavy (non-hydrogen) atoms. The lowest BCUT2D eigenvalue weighted by molar-refractivity contribution is -0.138. The third-order valence-corrected chi connectivity index (χ3v) is 2.16. The lowest BCUT2D eigenvalue weighted by atomic mass is 9.97. The number of rotatable bonds is 3. The molecule has 92 valence electrons. The molecule has 0 heterocycles. The highest BCUT2D eigenvalue weighted by molar-refractivity contribution is 6.03. The van der Waals surface area contributed by atoms with Gasteiger partial charge in [0, 0.05) is 11.1 Å². The van der Waals surface area contributed by atoms with E-state index in [1.165, 1.54) is 7.11 Å². The van der Waals surface area contributed by atoms with Crippen LogP contribution >= 0.6 is 0 Å². The van der Waals surface area contributed by atoms with E-state index in [2.05, 4.69) is 4.74 Å². The summed E-state index contributed by atoms with van der Waals surface area (Å²) < 4.78 is 42.8.